The maximum Gasteiger partial charge on any atom is 0.333 e. The summed E-state index contributed by atoms with van der Waals surface area (Å²) in [6.45, 7) is 8.11. The van der Waals surface area contributed by atoms with Crippen molar-refractivity contribution in [1.29, 1.82) is 0 Å². The summed E-state index contributed by atoms with van der Waals surface area (Å²) < 4.78 is 1.54. The molecule has 0 amide bonds. The number of pyridine rings is 2. The van der Waals surface area contributed by atoms with Gasteiger partial charge in [0.1, 0.15) is 11.6 Å². The number of aromatic amines is 1. The number of hydrogen-bond acceptors (Lipinski definition) is 6. The first-order valence-electron chi connectivity index (χ1n) is 9.62. The van der Waals surface area contributed by atoms with E-state index in [0.29, 0.717) is 23.5 Å². The van der Waals surface area contributed by atoms with Gasteiger partial charge in [-0.15, -0.1) is 0 Å². The molecule has 0 bridgehead atoms. The van der Waals surface area contributed by atoms with Gasteiger partial charge in [-0.3, -0.25) is 4.98 Å². The minimum absolute atomic E-state index is 0.0632. The monoisotopic (exact) mass is 382 g/mol. The van der Waals surface area contributed by atoms with E-state index < -0.39 is 5.60 Å². The Bertz CT molecular complexity index is 1040. The molecule has 0 unspecified atom stereocenters. The summed E-state index contributed by atoms with van der Waals surface area (Å²) >= 11 is 0. The maximum atomic E-state index is 12.5. The van der Waals surface area contributed by atoms with Crippen molar-refractivity contribution in [3.8, 4) is 5.82 Å². The molecule has 1 aliphatic rings. The van der Waals surface area contributed by atoms with Crippen LogP contribution in [0.25, 0.3) is 17.0 Å². The van der Waals surface area contributed by atoms with E-state index in [0.717, 1.165) is 18.9 Å². The summed E-state index contributed by atoms with van der Waals surface area (Å²) in [5.74, 6) is 1.46. The zero-order valence-electron chi connectivity index (χ0n) is 16.4. The highest BCUT2D eigenvalue weighted by Gasteiger charge is 2.37. The van der Waals surface area contributed by atoms with Crippen LogP contribution in [0, 0.1) is 5.92 Å². The highest BCUT2D eigenvalue weighted by molar-refractivity contribution is 5.72. The molecule has 0 radical (unpaired) electrons. The van der Waals surface area contributed by atoms with Crippen LogP contribution in [0.4, 0.5) is 5.82 Å². The predicted molar refractivity (Wildman–Crippen MR) is 109 cm³/mol. The summed E-state index contributed by atoms with van der Waals surface area (Å²) in [5.41, 5.74) is 0.141. The lowest BCUT2D eigenvalue weighted by molar-refractivity contribution is -0.0231. The summed E-state index contributed by atoms with van der Waals surface area (Å²) in [6, 6.07) is 9.23. The molecule has 148 valence electrons. The van der Waals surface area contributed by atoms with Gasteiger partial charge < -0.3 is 15.3 Å². The van der Waals surface area contributed by atoms with Crippen LogP contribution in [0.1, 0.15) is 20.8 Å². The Hall–Kier alpha value is -2.71. The van der Waals surface area contributed by atoms with Crippen molar-refractivity contribution in [2.24, 2.45) is 5.92 Å². The van der Waals surface area contributed by atoms with Gasteiger partial charge in [-0.05, 0) is 37.1 Å². The van der Waals surface area contributed by atoms with E-state index >= 15 is 0 Å². The molecule has 28 heavy (non-hydrogen) atoms. The van der Waals surface area contributed by atoms with Gasteiger partial charge in [0.05, 0.1) is 17.2 Å². The first kappa shape index (κ1) is 18.6. The molecule has 0 spiro atoms. The van der Waals surface area contributed by atoms with Crippen molar-refractivity contribution in [2.75, 3.05) is 24.5 Å². The van der Waals surface area contributed by atoms with Crippen molar-refractivity contribution in [3.05, 3.63) is 47.0 Å². The predicted octanol–water partition coefficient (Wildman–Crippen LogP) is 1.29. The first-order chi connectivity index (χ1) is 13.4. The molecule has 4 heterocycles. The van der Waals surface area contributed by atoms with Gasteiger partial charge in [0.15, 0.2) is 5.65 Å². The summed E-state index contributed by atoms with van der Waals surface area (Å²) in [7, 11) is 0. The molecular weight excluding hydrogens is 356 g/mol. The Labute approximate surface area is 163 Å². The average molecular weight is 382 g/mol. The molecule has 3 aromatic rings. The van der Waals surface area contributed by atoms with Gasteiger partial charge in [0, 0.05) is 25.8 Å². The summed E-state index contributed by atoms with van der Waals surface area (Å²) in [6.07, 6.45) is 1.65. The SMILES string of the molecule is CC(C)[C@@](C)(O)[C@@H]1CN(c2cccc(-n3c(=O)[nH]c4ncccc43)n2)CCN1. The molecule has 1 saturated heterocycles. The van der Waals surface area contributed by atoms with Crippen LogP contribution < -0.4 is 15.9 Å². The number of fused-ring (bicyclic) bond motifs is 1. The topological polar surface area (TPSA) is 99.1 Å². The number of nitrogens with one attached hydrogen (secondary N) is 2. The van der Waals surface area contributed by atoms with Gasteiger partial charge in [-0.2, -0.15) is 0 Å². The number of nitrogens with zero attached hydrogens (tertiary/aromatic N) is 4. The smallest absolute Gasteiger partial charge is 0.333 e. The Morgan fingerprint density at radius 1 is 1.25 bits per heavy atom. The van der Waals surface area contributed by atoms with Gasteiger partial charge in [-0.25, -0.2) is 19.3 Å². The molecule has 3 N–H and O–H groups in total. The molecule has 8 heteroatoms. The number of rotatable bonds is 4. The fourth-order valence-electron chi connectivity index (χ4n) is 3.63. The number of imidazole rings is 1. The van der Waals surface area contributed by atoms with E-state index in [9.17, 15) is 9.90 Å². The third-order valence-corrected chi connectivity index (χ3v) is 5.78. The zero-order valence-corrected chi connectivity index (χ0v) is 16.4. The minimum atomic E-state index is -0.824. The van der Waals surface area contributed by atoms with Crippen LogP contribution in [0.3, 0.4) is 0 Å². The second-order valence-electron chi connectivity index (χ2n) is 7.82. The molecule has 0 aromatic carbocycles. The molecule has 0 saturated carbocycles. The van der Waals surface area contributed by atoms with E-state index in [1.54, 1.807) is 12.3 Å². The van der Waals surface area contributed by atoms with Gasteiger partial charge in [0.2, 0.25) is 0 Å². The van der Waals surface area contributed by atoms with Crippen LogP contribution in [0.15, 0.2) is 41.3 Å². The number of aliphatic hydroxyl groups is 1. The lowest BCUT2D eigenvalue weighted by Crippen LogP contribution is -2.62. The number of aromatic nitrogens is 4. The van der Waals surface area contributed by atoms with E-state index in [2.05, 4.69) is 20.2 Å². The zero-order chi connectivity index (χ0) is 19.9. The van der Waals surface area contributed by atoms with E-state index in [1.165, 1.54) is 4.57 Å². The van der Waals surface area contributed by atoms with E-state index in [1.807, 2.05) is 45.0 Å². The molecule has 0 aliphatic carbocycles. The number of piperazine rings is 1. The molecular formula is C20H26N6O2. The van der Waals surface area contributed by atoms with Gasteiger partial charge >= 0.3 is 5.69 Å². The van der Waals surface area contributed by atoms with Crippen molar-refractivity contribution in [1.82, 2.24) is 24.8 Å². The highest BCUT2D eigenvalue weighted by Crippen LogP contribution is 2.25. The quantitative estimate of drug-likeness (QED) is 0.629. The molecule has 1 aliphatic heterocycles. The van der Waals surface area contributed by atoms with Gasteiger partial charge in [0.25, 0.3) is 0 Å². The molecule has 3 aromatic heterocycles. The van der Waals surface area contributed by atoms with Crippen LogP contribution in [-0.4, -0.2) is 55.9 Å². The molecule has 8 nitrogen and oxygen atoms in total. The fraction of sp³-hybridized carbons (Fsp3) is 0.450. The summed E-state index contributed by atoms with van der Waals surface area (Å²) in [5, 5.41) is 14.3. The van der Waals surface area contributed by atoms with Crippen molar-refractivity contribution < 1.29 is 5.11 Å². The molecule has 2 atom stereocenters. The Kier molecular flexibility index (Phi) is 4.68. The molecule has 4 rings (SSSR count). The fourth-order valence-corrected chi connectivity index (χ4v) is 3.63. The van der Waals surface area contributed by atoms with Crippen molar-refractivity contribution in [3.63, 3.8) is 0 Å². The van der Waals surface area contributed by atoms with Crippen LogP contribution in [0.2, 0.25) is 0 Å². The summed E-state index contributed by atoms with van der Waals surface area (Å²) in [4.78, 5) is 26.3. The number of hydrogen-bond donors (Lipinski definition) is 3. The normalized spacial score (nSPS) is 19.9. The first-order valence-corrected chi connectivity index (χ1v) is 9.62. The molecule has 1 fully saturated rings. The third-order valence-electron chi connectivity index (χ3n) is 5.78. The van der Waals surface area contributed by atoms with Crippen molar-refractivity contribution >= 4 is 17.0 Å². The maximum absolute atomic E-state index is 12.5. The Morgan fingerprint density at radius 2 is 2.04 bits per heavy atom. The largest absolute Gasteiger partial charge is 0.388 e. The van der Waals surface area contributed by atoms with E-state index in [4.69, 9.17) is 4.98 Å². The number of anilines is 1. The van der Waals surface area contributed by atoms with Crippen LogP contribution >= 0.6 is 0 Å². The Balaban J connectivity index is 1.67. The van der Waals surface area contributed by atoms with Crippen molar-refractivity contribution in [2.45, 2.75) is 32.4 Å². The second kappa shape index (κ2) is 7.03. The minimum Gasteiger partial charge on any atom is -0.388 e. The highest BCUT2D eigenvalue weighted by atomic mass is 16.3. The lowest BCUT2D eigenvalue weighted by Gasteiger charge is -2.43. The third kappa shape index (κ3) is 3.18. The standard InChI is InChI=1S/C20H26N6O2/c1-13(2)20(3,28)15-12-25(11-10-21-15)16-7-4-8-17(23-16)26-14-6-5-9-22-18(14)24-19(26)27/h4-9,13,15,21,28H,10-12H2,1-3H3,(H,22,24,27)/t15-,20+/m0/s1. The van der Waals surface area contributed by atoms with Gasteiger partial charge in [-0.1, -0.05) is 19.9 Å². The Morgan fingerprint density at radius 3 is 2.82 bits per heavy atom. The van der Waals surface area contributed by atoms with E-state index in [-0.39, 0.29) is 17.6 Å². The van der Waals surface area contributed by atoms with Crippen LogP contribution in [0.5, 0.6) is 0 Å². The lowest BCUT2D eigenvalue weighted by atomic mass is 9.84. The average Bonchev–Trinajstić information content (AvgIpc) is 3.03. The van der Waals surface area contributed by atoms with Crippen LogP contribution in [-0.2, 0) is 0 Å². The second-order valence-corrected chi connectivity index (χ2v) is 7.82. The number of H-pyrrole nitrogens is 1.